The van der Waals surface area contributed by atoms with Gasteiger partial charge in [0.2, 0.25) is 8.07 Å². The quantitative estimate of drug-likeness (QED) is 0.0601. The highest BCUT2D eigenvalue weighted by Gasteiger charge is 2.39. The van der Waals surface area contributed by atoms with E-state index in [-0.39, 0.29) is 0 Å². The van der Waals surface area contributed by atoms with Crippen LogP contribution in [0.5, 0.6) is 0 Å². The summed E-state index contributed by atoms with van der Waals surface area (Å²) in [6.07, 6.45) is 11.6. The minimum atomic E-state index is -2.97. The molecule has 1 heterocycles. The van der Waals surface area contributed by atoms with Gasteiger partial charge in [0.05, 0.1) is 0 Å². The van der Waals surface area contributed by atoms with Crippen LogP contribution in [0.25, 0.3) is 49.1 Å². The minimum Gasteiger partial charge on any atom is -0.456 e. The number of fused-ring (bicyclic) bond motifs is 5. The third kappa shape index (κ3) is 5.08. The lowest BCUT2D eigenvalue weighted by Crippen LogP contribution is -2.66. The molecule has 0 radical (unpaired) electrons. The summed E-state index contributed by atoms with van der Waals surface area (Å²) >= 11 is 0. The van der Waals surface area contributed by atoms with Crippen molar-refractivity contribution in [2.45, 2.75) is 6.92 Å². The highest BCUT2D eigenvalue weighted by molar-refractivity contribution is 7.17. The molecule has 8 aromatic rings. The van der Waals surface area contributed by atoms with Crippen LogP contribution >= 0.6 is 0 Å². The van der Waals surface area contributed by atoms with Crippen LogP contribution in [0.4, 0.5) is 0 Å². The van der Waals surface area contributed by atoms with E-state index in [1.807, 2.05) is 18.2 Å². The van der Waals surface area contributed by atoms with E-state index < -0.39 is 8.07 Å². The summed E-state index contributed by atoms with van der Waals surface area (Å²) in [5.41, 5.74) is 9.14. The minimum absolute atomic E-state index is 0.883. The summed E-state index contributed by atoms with van der Waals surface area (Å²) < 4.78 is 6.28. The zero-order chi connectivity index (χ0) is 33.2. The fourth-order valence-corrected chi connectivity index (χ4v) is 11.1. The van der Waals surface area contributed by atoms with E-state index >= 15 is 0 Å². The Balaban J connectivity index is 1.48. The Hall–Kier alpha value is -6.32. The van der Waals surface area contributed by atoms with Gasteiger partial charge >= 0.3 is 0 Å². The van der Waals surface area contributed by atoms with Crippen LogP contribution in [0, 0.1) is 23.8 Å². The van der Waals surface area contributed by atoms with Crippen LogP contribution in [0.15, 0.2) is 174 Å². The maximum Gasteiger partial charge on any atom is 0.230 e. The van der Waals surface area contributed by atoms with Crippen molar-refractivity contribution in [3.63, 3.8) is 0 Å². The molecule has 8 rings (SSSR count). The number of hydrogen-bond donors (Lipinski definition) is 0. The second-order valence-corrected chi connectivity index (χ2v) is 15.6. The Labute approximate surface area is 287 Å². The van der Waals surface area contributed by atoms with E-state index in [9.17, 15) is 0 Å². The lowest BCUT2D eigenvalue weighted by molar-refractivity contribution is 0.669. The maximum absolute atomic E-state index is 6.28. The van der Waals surface area contributed by atoms with E-state index in [0.29, 0.717) is 0 Å². The molecule has 0 aliphatic rings. The first kappa shape index (κ1) is 30.0. The molecule has 0 bridgehead atoms. The Morgan fingerprint density at radius 3 is 1.69 bits per heavy atom. The van der Waals surface area contributed by atoms with Crippen molar-refractivity contribution in [1.29, 1.82) is 0 Å². The Kier molecular flexibility index (Phi) is 7.79. The van der Waals surface area contributed by atoms with Crippen LogP contribution in [0.1, 0.15) is 18.1 Å². The smallest absolute Gasteiger partial charge is 0.230 e. The lowest BCUT2D eigenvalue weighted by Gasteiger charge is -2.28. The molecule has 1 aromatic heterocycles. The summed E-state index contributed by atoms with van der Waals surface area (Å²) in [5, 5.41) is 10.5. The second-order valence-electron chi connectivity index (χ2n) is 12.1. The van der Waals surface area contributed by atoms with Crippen LogP contribution in [0.3, 0.4) is 0 Å². The Morgan fingerprint density at radius 2 is 1.10 bits per heavy atom. The van der Waals surface area contributed by atoms with Gasteiger partial charge in [0.15, 0.2) is 0 Å². The molecule has 0 aliphatic heterocycles. The van der Waals surface area contributed by atoms with Crippen molar-refractivity contribution in [1.82, 2.24) is 0 Å². The molecule has 2 heteroatoms. The highest BCUT2D eigenvalue weighted by atomic mass is 28.3. The zero-order valence-corrected chi connectivity index (χ0v) is 28.2. The zero-order valence-electron chi connectivity index (χ0n) is 27.2. The summed E-state index contributed by atoms with van der Waals surface area (Å²) in [5.74, 6) is 6.56. The highest BCUT2D eigenvalue weighted by Crippen LogP contribution is 2.37. The van der Waals surface area contributed by atoms with Crippen molar-refractivity contribution < 1.29 is 4.42 Å². The first-order valence-electron chi connectivity index (χ1n) is 16.5. The molecule has 1 nitrogen and oxygen atoms in total. The largest absolute Gasteiger partial charge is 0.456 e. The van der Waals surface area contributed by atoms with Crippen LogP contribution in [-0.4, -0.2) is 8.07 Å². The molecule has 0 atom stereocenters. The molecule has 7 aromatic carbocycles. The van der Waals surface area contributed by atoms with Crippen LogP contribution in [0.2, 0.25) is 0 Å². The van der Waals surface area contributed by atoms with E-state index in [4.69, 9.17) is 10.8 Å². The van der Waals surface area contributed by atoms with Gasteiger partial charge in [-0.3, -0.25) is 0 Å². The summed E-state index contributed by atoms with van der Waals surface area (Å²) in [7, 11) is -2.97. The van der Waals surface area contributed by atoms with Crippen LogP contribution < -0.4 is 15.6 Å². The summed E-state index contributed by atoms with van der Waals surface area (Å²) in [6.45, 7) is 2.06. The Bertz CT molecular complexity index is 2580. The Morgan fingerprint density at radius 1 is 0.571 bits per heavy atom. The maximum atomic E-state index is 6.28. The van der Waals surface area contributed by atoms with Gasteiger partial charge in [-0.25, -0.2) is 0 Å². The first-order chi connectivity index (χ1) is 24.2. The monoisotopic (exact) mass is 640 g/mol. The van der Waals surface area contributed by atoms with Crippen molar-refractivity contribution in [3.8, 4) is 23.8 Å². The number of para-hydroxylation sites is 1. The molecule has 0 aliphatic carbocycles. The fourth-order valence-electron chi connectivity index (χ4n) is 7.24. The van der Waals surface area contributed by atoms with E-state index in [0.717, 1.165) is 60.2 Å². The van der Waals surface area contributed by atoms with Crippen molar-refractivity contribution in [2.24, 2.45) is 0 Å². The number of hydrogen-bond acceptors (Lipinski definition) is 1. The summed E-state index contributed by atoms with van der Waals surface area (Å²) in [4.78, 5) is 0. The predicted octanol–water partition coefficient (Wildman–Crippen LogP) is 9.55. The van der Waals surface area contributed by atoms with Gasteiger partial charge in [-0.2, -0.15) is 0 Å². The molecular weight excluding hydrogens is 609 g/mol. The number of terminal acetylenes is 1. The van der Waals surface area contributed by atoms with Crippen LogP contribution in [-0.2, 0) is 0 Å². The standard InChI is InChI=1S/C47H32OSi/c1-3-5-18-34(4-2)47-42-26-14-12-23-38(42)40(39-24-13-15-27-43(39)47)31-32-49(35-19-8-6-9-20-35,36-21-10-7-11-22-36)37-29-30-46-44(33-37)41-25-16-17-28-45(41)48-46/h1,4-30,33H,2H3/b18-5-,34-4+. The van der Waals surface area contributed by atoms with Gasteiger partial charge in [-0.15, -0.1) is 12.0 Å². The molecule has 0 fully saturated rings. The molecule has 0 saturated carbocycles. The fraction of sp³-hybridized carbons (Fsp3) is 0.0213. The van der Waals surface area contributed by atoms with E-state index in [2.05, 4.69) is 170 Å². The summed E-state index contributed by atoms with van der Waals surface area (Å²) in [6, 6.07) is 53.9. The van der Waals surface area contributed by atoms with E-state index in [1.165, 1.54) is 15.6 Å². The average Bonchev–Trinajstić information content (AvgIpc) is 3.54. The average molecular weight is 641 g/mol. The normalized spacial score (nSPS) is 12.0. The lowest BCUT2D eigenvalue weighted by atomic mass is 9.88. The van der Waals surface area contributed by atoms with Gasteiger partial charge in [0.1, 0.15) is 11.2 Å². The molecule has 0 saturated heterocycles. The second kappa shape index (κ2) is 12.7. The molecule has 0 N–H and O–H groups in total. The molecule has 230 valence electrons. The topological polar surface area (TPSA) is 13.1 Å². The van der Waals surface area contributed by atoms with Gasteiger partial charge in [0, 0.05) is 16.3 Å². The van der Waals surface area contributed by atoms with Gasteiger partial charge in [-0.05, 0) is 85.5 Å². The molecular formula is C47H32OSi. The predicted molar refractivity (Wildman–Crippen MR) is 211 cm³/mol. The van der Waals surface area contributed by atoms with Gasteiger partial charge < -0.3 is 4.42 Å². The molecule has 0 unspecified atom stereocenters. The molecule has 49 heavy (non-hydrogen) atoms. The van der Waals surface area contributed by atoms with Gasteiger partial charge in [-0.1, -0.05) is 151 Å². The first-order valence-corrected chi connectivity index (χ1v) is 18.5. The van der Waals surface area contributed by atoms with Crippen molar-refractivity contribution in [3.05, 3.63) is 181 Å². The number of rotatable bonds is 5. The molecule has 0 spiro atoms. The number of benzene rings is 7. The SMILES string of the molecule is C#C/C=C\C(=C/C)c1c2ccccc2c(C#C[Si](c2ccccc2)(c2ccccc2)c2ccc3oc4ccccc4c3c2)c2ccccc12. The number of allylic oxidation sites excluding steroid dienone is 4. The third-order valence-corrected chi connectivity index (χ3v) is 13.6. The van der Waals surface area contributed by atoms with E-state index in [1.54, 1.807) is 6.08 Å². The third-order valence-electron chi connectivity index (χ3n) is 9.49. The molecule has 0 amide bonds. The van der Waals surface area contributed by atoms with Crippen molar-refractivity contribution >= 4 is 72.7 Å². The number of furan rings is 1. The van der Waals surface area contributed by atoms with Gasteiger partial charge in [0.25, 0.3) is 0 Å². The van der Waals surface area contributed by atoms with Crippen molar-refractivity contribution in [2.75, 3.05) is 0 Å².